The lowest BCUT2D eigenvalue weighted by atomic mass is 9.89. The number of carbonyl (C=O) groups is 2. The van der Waals surface area contributed by atoms with Crippen molar-refractivity contribution >= 4 is 12.0 Å². The van der Waals surface area contributed by atoms with E-state index in [0.717, 1.165) is 31.2 Å². The molecular weight excluding hydrogens is 294 g/mol. The molecular formula is C17H25N3O3. The van der Waals surface area contributed by atoms with Gasteiger partial charge in [0.25, 0.3) is 0 Å². The van der Waals surface area contributed by atoms with Crippen molar-refractivity contribution in [2.45, 2.75) is 44.4 Å². The predicted octanol–water partition coefficient (Wildman–Crippen LogP) is 1.64. The molecule has 1 aliphatic carbocycles. The molecule has 1 aromatic rings. The van der Waals surface area contributed by atoms with Crippen molar-refractivity contribution in [1.29, 1.82) is 0 Å². The van der Waals surface area contributed by atoms with Crippen LogP contribution < -0.4 is 11.1 Å². The second-order valence-corrected chi connectivity index (χ2v) is 5.87. The first-order valence-electron chi connectivity index (χ1n) is 8.04. The van der Waals surface area contributed by atoms with Gasteiger partial charge < -0.3 is 20.7 Å². The van der Waals surface area contributed by atoms with E-state index < -0.39 is 6.09 Å². The zero-order valence-electron chi connectivity index (χ0n) is 13.5. The molecule has 6 heteroatoms. The lowest BCUT2D eigenvalue weighted by Gasteiger charge is -2.38. The van der Waals surface area contributed by atoms with Crippen molar-refractivity contribution in [2.75, 3.05) is 13.6 Å². The van der Waals surface area contributed by atoms with Gasteiger partial charge in [0, 0.05) is 7.05 Å². The minimum atomic E-state index is -0.445. The van der Waals surface area contributed by atoms with Gasteiger partial charge in [-0.2, -0.15) is 0 Å². The molecule has 2 rings (SSSR count). The Labute approximate surface area is 137 Å². The molecule has 0 saturated heterocycles. The number of likely N-dealkylation sites (N-methyl/N-ethyl adjacent to an activating group) is 1. The second-order valence-electron chi connectivity index (χ2n) is 5.87. The maximum absolute atomic E-state index is 12.0. The van der Waals surface area contributed by atoms with Crippen LogP contribution in [0.5, 0.6) is 0 Å². The van der Waals surface area contributed by atoms with E-state index in [1.807, 2.05) is 30.3 Å². The van der Waals surface area contributed by atoms with Gasteiger partial charge in [0.15, 0.2) is 0 Å². The number of nitrogens with zero attached hydrogens (tertiary/aromatic N) is 1. The van der Waals surface area contributed by atoms with E-state index in [2.05, 4.69) is 5.32 Å². The van der Waals surface area contributed by atoms with Crippen molar-refractivity contribution < 1.29 is 14.3 Å². The van der Waals surface area contributed by atoms with E-state index in [9.17, 15) is 9.59 Å². The maximum Gasteiger partial charge on any atom is 0.407 e. The summed E-state index contributed by atoms with van der Waals surface area (Å²) in [6.45, 7) is 0.222. The summed E-state index contributed by atoms with van der Waals surface area (Å²) in [5.41, 5.74) is 6.38. The third kappa shape index (κ3) is 4.96. The SMILES string of the molecule is CN(C(=O)CN)[C@H]1CCCC[C@@H]1NC(=O)OCc1ccccc1. The average molecular weight is 319 g/mol. The molecule has 0 radical (unpaired) electrons. The highest BCUT2D eigenvalue weighted by Crippen LogP contribution is 2.22. The Hall–Kier alpha value is -2.08. The van der Waals surface area contributed by atoms with Gasteiger partial charge in [0.1, 0.15) is 6.61 Å². The standard InChI is InChI=1S/C17H25N3O3/c1-20(16(21)11-18)15-10-6-5-9-14(15)19-17(22)23-12-13-7-3-2-4-8-13/h2-4,7-8,14-15H,5-6,9-12,18H2,1H3,(H,19,22)/t14-,15-/m0/s1. The van der Waals surface area contributed by atoms with Gasteiger partial charge in [-0.15, -0.1) is 0 Å². The number of nitrogens with two attached hydrogens (primary N) is 1. The largest absolute Gasteiger partial charge is 0.445 e. The molecule has 0 aromatic heterocycles. The second kappa shape index (κ2) is 8.53. The van der Waals surface area contributed by atoms with Gasteiger partial charge >= 0.3 is 6.09 Å². The van der Waals surface area contributed by atoms with Crippen LogP contribution in [0.1, 0.15) is 31.2 Å². The van der Waals surface area contributed by atoms with E-state index in [0.29, 0.717) is 0 Å². The third-order valence-electron chi connectivity index (χ3n) is 4.31. The number of hydrogen-bond acceptors (Lipinski definition) is 4. The lowest BCUT2D eigenvalue weighted by molar-refractivity contribution is -0.131. The molecule has 0 bridgehead atoms. The number of hydrogen-bond donors (Lipinski definition) is 2. The molecule has 23 heavy (non-hydrogen) atoms. The molecule has 0 spiro atoms. The molecule has 6 nitrogen and oxygen atoms in total. The quantitative estimate of drug-likeness (QED) is 0.864. The fourth-order valence-electron chi connectivity index (χ4n) is 2.99. The summed E-state index contributed by atoms with van der Waals surface area (Å²) in [6.07, 6.45) is 3.34. The number of carbonyl (C=O) groups excluding carboxylic acids is 2. The summed E-state index contributed by atoms with van der Waals surface area (Å²) in [6, 6.07) is 9.42. The summed E-state index contributed by atoms with van der Waals surface area (Å²) in [5.74, 6) is -0.110. The molecule has 0 unspecified atom stereocenters. The van der Waals surface area contributed by atoms with Gasteiger partial charge in [-0.25, -0.2) is 4.79 Å². The average Bonchev–Trinajstić information content (AvgIpc) is 2.60. The van der Waals surface area contributed by atoms with Crippen LogP contribution in [0.3, 0.4) is 0 Å². The van der Waals surface area contributed by atoms with Crippen molar-refractivity contribution in [2.24, 2.45) is 5.73 Å². The Bertz CT molecular complexity index is 521. The molecule has 1 aliphatic rings. The smallest absolute Gasteiger partial charge is 0.407 e. The molecule has 1 aromatic carbocycles. The number of benzene rings is 1. The number of amides is 2. The van der Waals surface area contributed by atoms with Crippen LogP contribution in [0.2, 0.25) is 0 Å². The van der Waals surface area contributed by atoms with E-state index >= 15 is 0 Å². The van der Waals surface area contributed by atoms with Crippen LogP contribution in [0.25, 0.3) is 0 Å². The summed E-state index contributed by atoms with van der Waals surface area (Å²) in [4.78, 5) is 25.5. The zero-order valence-corrected chi connectivity index (χ0v) is 13.5. The highest BCUT2D eigenvalue weighted by Gasteiger charge is 2.31. The van der Waals surface area contributed by atoms with E-state index in [-0.39, 0.29) is 31.1 Å². The van der Waals surface area contributed by atoms with Crippen molar-refractivity contribution in [3.63, 3.8) is 0 Å². The third-order valence-corrected chi connectivity index (χ3v) is 4.31. The van der Waals surface area contributed by atoms with Gasteiger partial charge in [-0.05, 0) is 18.4 Å². The van der Waals surface area contributed by atoms with E-state index in [4.69, 9.17) is 10.5 Å². The predicted molar refractivity (Wildman–Crippen MR) is 87.6 cm³/mol. The van der Waals surface area contributed by atoms with Crippen LogP contribution in [0, 0.1) is 0 Å². The van der Waals surface area contributed by atoms with Crippen LogP contribution in [0.15, 0.2) is 30.3 Å². The van der Waals surface area contributed by atoms with Gasteiger partial charge in [-0.1, -0.05) is 43.2 Å². The normalized spacial score (nSPS) is 20.6. The fourth-order valence-corrected chi connectivity index (χ4v) is 2.99. The lowest BCUT2D eigenvalue weighted by Crippen LogP contribution is -2.54. The molecule has 0 heterocycles. The van der Waals surface area contributed by atoms with Crippen molar-refractivity contribution in [1.82, 2.24) is 10.2 Å². The van der Waals surface area contributed by atoms with Crippen LogP contribution in [-0.2, 0) is 16.1 Å². The molecule has 1 saturated carbocycles. The topological polar surface area (TPSA) is 84.7 Å². The van der Waals surface area contributed by atoms with Crippen LogP contribution in [-0.4, -0.2) is 42.6 Å². The first-order valence-corrected chi connectivity index (χ1v) is 8.04. The molecule has 0 aliphatic heterocycles. The zero-order chi connectivity index (χ0) is 16.7. The van der Waals surface area contributed by atoms with Crippen LogP contribution in [0.4, 0.5) is 4.79 Å². The van der Waals surface area contributed by atoms with Gasteiger partial charge in [-0.3, -0.25) is 4.79 Å². The highest BCUT2D eigenvalue weighted by atomic mass is 16.5. The monoisotopic (exact) mass is 319 g/mol. The van der Waals surface area contributed by atoms with Crippen molar-refractivity contribution in [3.05, 3.63) is 35.9 Å². The van der Waals surface area contributed by atoms with Crippen molar-refractivity contribution in [3.8, 4) is 0 Å². The Balaban J connectivity index is 1.88. The molecule has 2 amide bonds. The summed E-state index contributed by atoms with van der Waals surface area (Å²) >= 11 is 0. The maximum atomic E-state index is 12.0. The van der Waals surface area contributed by atoms with Crippen LogP contribution >= 0.6 is 0 Å². The van der Waals surface area contributed by atoms with Gasteiger partial charge in [0.2, 0.25) is 5.91 Å². The molecule has 3 N–H and O–H groups in total. The minimum absolute atomic E-state index is 0.0157. The molecule has 2 atom stereocenters. The summed E-state index contributed by atoms with van der Waals surface area (Å²) < 4.78 is 5.27. The number of ether oxygens (including phenoxy) is 1. The molecule has 126 valence electrons. The first kappa shape index (κ1) is 17.3. The fraction of sp³-hybridized carbons (Fsp3) is 0.529. The highest BCUT2D eigenvalue weighted by molar-refractivity contribution is 5.78. The number of nitrogens with one attached hydrogen (secondary N) is 1. The Morgan fingerprint density at radius 2 is 1.96 bits per heavy atom. The Morgan fingerprint density at radius 1 is 1.26 bits per heavy atom. The van der Waals surface area contributed by atoms with E-state index in [1.165, 1.54) is 0 Å². The summed E-state index contributed by atoms with van der Waals surface area (Å²) in [5, 5.41) is 2.90. The Kier molecular flexibility index (Phi) is 6.40. The Morgan fingerprint density at radius 3 is 2.65 bits per heavy atom. The summed E-state index contributed by atoms with van der Waals surface area (Å²) in [7, 11) is 1.75. The van der Waals surface area contributed by atoms with Gasteiger partial charge in [0.05, 0.1) is 18.6 Å². The number of alkyl carbamates (subject to hydrolysis) is 1. The molecule has 1 fully saturated rings. The first-order chi connectivity index (χ1) is 11.1. The minimum Gasteiger partial charge on any atom is -0.445 e. The van der Waals surface area contributed by atoms with E-state index in [1.54, 1.807) is 11.9 Å². The number of rotatable bonds is 5.